The molecule has 0 saturated heterocycles. The fourth-order valence-corrected chi connectivity index (χ4v) is 0.758. The van der Waals surface area contributed by atoms with Crippen molar-refractivity contribution in [2.75, 3.05) is 5.73 Å². The smallest absolute Gasteiger partial charge is 0.335 e. The molecule has 1 rings (SSSR count). The average molecular weight is 399 g/mol. The van der Waals surface area contributed by atoms with Crippen molar-refractivity contribution in [3.05, 3.63) is 24.3 Å². The summed E-state index contributed by atoms with van der Waals surface area (Å²) in [5.74, 6) is -3.39. The SMILES string of the molecule is Nc1ccccc1O.O.O=C(O)C(O)C(O)C(=O)O.[Sb]. The molecule has 20 heavy (non-hydrogen) atoms. The molecule has 0 aliphatic heterocycles. The first-order chi connectivity index (χ1) is 8.27. The van der Waals surface area contributed by atoms with Crippen LogP contribution in [0, 0.1) is 0 Å². The number of carboxylic acid groups (broad SMARTS) is 2. The van der Waals surface area contributed by atoms with Gasteiger partial charge in [-0.1, -0.05) is 12.1 Å². The molecule has 2 unspecified atom stereocenters. The molecule has 9 N–H and O–H groups in total. The van der Waals surface area contributed by atoms with Crippen LogP contribution in [0.5, 0.6) is 5.75 Å². The molecule has 2 atom stereocenters. The Kier molecular flexibility index (Phi) is 13.3. The van der Waals surface area contributed by atoms with Gasteiger partial charge in [-0.3, -0.25) is 0 Å². The van der Waals surface area contributed by atoms with Crippen molar-refractivity contribution < 1.29 is 40.6 Å². The number of anilines is 1. The Bertz CT molecular complexity index is 388. The molecule has 10 heteroatoms. The number of aliphatic hydroxyl groups excluding tert-OH is 2. The van der Waals surface area contributed by atoms with E-state index in [9.17, 15) is 9.59 Å². The van der Waals surface area contributed by atoms with Crippen LogP contribution in [0.25, 0.3) is 0 Å². The zero-order valence-corrected chi connectivity index (χ0v) is 12.6. The third-order valence-corrected chi connectivity index (χ3v) is 1.74. The Morgan fingerprint density at radius 3 is 1.55 bits per heavy atom. The van der Waals surface area contributed by atoms with Crippen LogP contribution in [0.1, 0.15) is 0 Å². The number of phenols is 1. The van der Waals surface area contributed by atoms with Crippen LogP contribution in [0.3, 0.4) is 0 Å². The van der Waals surface area contributed by atoms with Crippen LogP contribution in [0.2, 0.25) is 0 Å². The van der Waals surface area contributed by atoms with Gasteiger partial charge in [0.25, 0.3) is 0 Å². The average Bonchev–Trinajstić information content (AvgIpc) is 2.31. The first-order valence-electron chi connectivity index (χ1n) is 4.62. The van der Waals surface area contributed by atoms with E-state index in [4.69, 9.17) is 31.3 Å². The normalized spacial score (nSPS) is 11.5. The summed E-state index contributed by atoms with van der Waals surface area (Å²) < 4.78 is 0. The first-order valence-corrected chi connectivity index (χ1v) is 4.62. The maximum absolute atomic E-state index is 9.77. The molecule has 0 aliphatic carbocycles. The second kappa shape index (κ2) is 11.3. The quantitative estimate of drug-likeness (QED) is 0.185. The zero-order valence-electron chi connectivity index (χ0n) is 10.0. The molecular weight excluding hydrogens is 384 g/mol. The van der Waals surface area contributed by atoms with Gasteiger partial charge in [-0.25, -0.2) is 9.59 Å². The molecule has 0 fully saturated rings. The molecule has 0 aliphatic rings. The molecule has 1 aromatic carbocycles. The van der Waals surface area contributed by atoms with E-state index < -0.39 is 24.1 Å². The number of rotatable bonds is 3. The molecule has 0 heterocycles. The van der Waals surface area contributed by atoms with Gasteiger partial charge in [0.15, 0.2) is 12.2 Å². The van der Waals surface area contributed by atoms with E-state index in [0.29, 0.717) is 5.69 Å². The number of aromatic hydroxyl groups is 1. The van der Waals surface area contributed by atoms with Crippen molar-refractivity contribution in [2.45, 2.75) is 12.2 Å². The Hall–Kier alpha value is -1.54. The Morgan fingerprint density at radius 1 is 1.00 bits per heavy atom. The number of phenolic OH excluding ortho intramolecular Hbond substituents is 1. The topological polar surface area (TPSA) is 193 Å². The second-order valence-corrected chi connectivity index (χ2v) is 3.12. The fraction of sp³-hybridized carbons (Fsp3) is 0.200. The van der Waals surface area contributed by atoms with E-state index in [2.05, 4.69) is 0 Å². The predicted octanol–water partition coefficient (Wildman–Crippen LogP) is -2.35. The summed E-state index contributed by atoms with van der Waals surface area (Å²) in [6.45, 7) is 0. The molecule has 0 amide bonds. The summed E-state index contributed by atoms with van der Waals surface area (Å²) >= 11 is 0. The zero-order chi connectivity index (χ0) is 14.3. The molecule has 9 nitrogen and oxygen atoms in total. The van der Waals surface area contributed by atoms with Gasteiger partial charge >= 0.3 is 11.9 Å². The van der Waals surface area contributed by atoms with Crippen molar-refractivity contribution in [1.82, 2.24) is 0 Å². The number of carboxylic acids is 2. The summed E-state index contributed by atoms with van der Waals surface area (Å²) in [5, 5.41) is 41.3. The van der Waals surface area contributed by atoms with Gasteiger partial charge in [0.05, 0.1) is 5.69 Å². The van der Waals surface area contributed by atoms with Gasteiger partial charge in [0, 0.05) is 24.4 Å². The van der Waals surface area contributed by atoms with Crippen LogP contribution < -0.4 is 5.73 Å². The van der Waals surface area contributed by atoms with Crippen LogP contribution in [-0.4, -0.2) is 79.6 Å². The molecule has 0 bridgehead atoms. The third-order valence-electron chi connectivity index (χ3n) is 1.74. The standard InChI is InChI=1S/C6H7NO.C4H6O6.H2O.Sb/c7-5-3-1-2-4-6(5)8;5-1(3(7)8)2(6)4(9)10;;/h1-4,8H,7H2;1-2,5-6H,(H,7,8)(H,9,10);1H2;. The van der Waals surface area contributed by atoms with Gasteiger partial charge in [0.2, 0.25) is 0 Å². The number of carbonyl (C=O) groups is 2. The van der Waals surface area contributed by atoms with Crippen molar-refractivity contribution >= 4 is 42.1 Å². The largest absolute Gasteiger partial charge is 0.506 e. The molecule has 3 radical (unpaired) electrons. The molecule has 1 aromatic rings. The van der Waals surface area contributed by atoms with E-state index >= 15 is 0 Å². The maximum atomic E-state index is 9.77. The summed E-state index contributed by atoms with van der Waals surface area (Å²) in [6, 6.07) is 6.70. The van der Waals surface area contributed by atoms with Crippen molar-refractivity contribution in [3.8, 4) is 5.75 Å². The Morgan fingerprint density at radius 2 is 1.35 bits per heavy atom. The van der Waals surface area contributed by atoms with Crippen molar-refractivity contribution in [2.24, 2.45) is 0 Å². The number of para-hydroxylation sites is 2. The number of nitrogen functional groups attached to an aromatic ring is 1. The molecular formula is C10H15NO8Sb. The Balaban J connectivity index is -0.000000266. The van der Waals surface area contributed by atoms with Gasteiger partial charge in [-0.15, -0.1) is 0 Å². The van der Waals surface area contributed by atoms with E-state index in [-0.39, 0.29) is 35.7 Å². The molecule has 0 spiro atoms. The minimum absolute atomic E-state index is 0. The number of aliphatic carboxylic acids is 2. The number of hydrogen-bond donors (Lipinski definition) is 6. The minimum Gasteiger partial charge on any atom is -0.506 e. The number of benzene rings is 1. The monoisotopic (exact) mass is 398 g/mol. The number of aliphatic hydroxyl groups is 2. The third kappa shape index (κ3) is 8.54. The molecule has 113 valence electrons. The van der Waals surface area contributed by atoms with Gasteiger partial charge in [-0.05, 0) is 12.1 Å². The van der Waals surface area contributed by atoms with Crippen LogP contribution in [-0.2, 0) is 9.59 Å². The van der Waals surface area contributed by atoms with Crippen LogP contribution >= 0.6 is 0 Å². The van der Waals surface area contributed by atoms with Crippen LogP contribution in [0.4, 0.5) is 5.69 Å². The maximum Gasteiger partial charge on any atom is 0.335 e. The number of nitrogens with two attached hydrogens (primary N) is 1. The van der Waals surface area contributed by atoms with Gasteiger partial charge in [0.1, 0.15) is 5.75 Å². The molecule has 0 saturated carbocycles. The minimum atomic E-state index is -2.27. The molecule has 0 aromatic heterocycles. The summed E-state index contributed by atoms with van der Waals surface area (Å²) in [7, 11) is 0. The Labute approximate surface area is 131 Å². The van der Waals surface area contributed by atoms with E-state index in [0.717, 1.165) is 0 Å². The summed E-state index contributed by atoms with van der Waals surface area (Å²) in [5.41, 5.74) is 5.69. The van der Waals surface area contributed by atoms with Crippen LogP contribution in [0.15, 0.2) is 24.3 Å². The first kappa shape index (κ1) is 23.5. The fourth-order valence-electron chi connectivity index (χ4n) is 0.758. The predicted molar refractivity (Wildman–Crippen MR) is 69.2 cm³/mol. The van der Waals surface area contributed by atoms with Gasteiger partial charge in [-0.2, -0.15) is 0 Å². The number of hydrogen-bond acceptors (Lipinski definition) is 6. The van der Waals surface area contributed by atoms with E-state index in [1.54, 1.807) is 24.3 Å². The van der Waals surface area contributed by atoms with Gasteiger partial charge < -0.3 is 36.7 Å². The summed E-state index contributed by atoms with van der Waals surface area (Å²) in [6.07, 6.45) is -4.53. The van der Waals surface area contributed by atoms with E-state index in [1.807, 2.05) is 0 Å². The van der Waals surface area contributed by atoms with Crippen molar-refractivity contribution in [1.29, 1.82) is 0 Å². The summed E-state index contributed by atoms with van der Waals surface area (Å²) in [4.78, 5) is 19.5. The van der Waals surface area contributed by atoms with Crippen molar-refractivity contribution in [3.63, 3.8) is 0 Å². The van der Waals surface area contributed by atoms with E-state index in [1.165, 1.54) is 0 Å². The second-order valence-electron chi connectivity index (χ2n) is 3.12.